The Hall–Kier alpha value is -3.14. The van der Waals surface area contributed by atoms with E-state index < -0.39 is 0 Å². The van der Waals surface area contributed by atoms with Crippen LogP contribution in [0.4, 0.5) is 5.69 Å². The smallest absolute Gasteiger partial charge is 0.186 e. The number of anilines is 1. The molecule has 1 heterocycles. The maximum Gasteiger partial charge on any atom is 0.186 e. The van der Waals surface area contributed by atoms with E-state index in [0.29, 0.717) is 5.69 Å². The second kappa shape index (κ2) is 6.73. The standard InChI is InChI=1S/C25H25N3O/c1-28(2)20-10-6-9-19(15-20)25(18-7-4-3-5-8-18)14-13-21-22(16-25)26-27-23(21)24(29)17-11-12-17/h3-10,13-15,17H,11-12,16H2,1-2H3,(H,26,27). The van der Waals surface area contributed by atoms with Crippen molar-refractivity contribution in [3.8, 4) is 0 Å². The number of fused-ring (bicyclic) bond motifs is 1. The summed E-state index contributed by atoms with van der Waals surface area (Å²) in [4.78, 5) is 14.8. The lowest BCUT2D eigenvalue weighted by molar-refractivity contribution is 0.0962. The molecule has 2 aromatic carbocycles. The van der Waals surface area contributed by atoms with E-state index in [1.807, 2.05) is 6.07 Å². The van der Waals surface area contributed by atoms with Crippen molar-refractivity contribution >= 4 is 17.5 Å². The molecule has 5 rings (SSSR count). The highest BCUT2D eigenvalue weighted by Gasteiger charge is 2.39. The molecule has 1 unspecified atom stereocenters. The molecular weight excluding hydrogens is 358 g/mol. The number of nitrogens with zero attached hydrogens (tertiary/aromatic N) is 2. The van der Waals surface area contributed by atoms with Gasteiger partial charge in [-0.05, 0) is 36.1 Å². The number of aromatic nitrogens is 2. The maximum absolute atomic E-state index is 12.6. The third-order valence-corrected chi connectivity index (χ3v) is 6.22. The van der Waals surface area contributed by atoms with Gasteiger partial charge >= 0.3 is 0 Å². The molecule has 0 spiro atoms. The summed E-state index contributed by atoms with van der Waals surface area (Å²) in [7, 11) is 4.13. The number of benzene rings is 2. The molecule has 1 fully saturated rings. The maximum atomic E-state index is 12.6. The van der Waals surface area contributed by atoms with E-state index in [4.69, 9.17) is 0 Å². The summed E-state index contributed by atoms with van der Waals surface area (Å²) < 4.78 is 0. The highest BCUT2D eigenvalue weighted by Crippen LogP contribution is 2.43. The van der Waals surface area contributed by atoms with E-state index >= 15 is 0 Å². The molecule has 1 aromatic heterocycles. The van der Waals surface area contributed by atoms with Gasteiger partial charge in [0.2, 0.25) is 0 Å². The lowest BCUT2D eigenvalue weighted by Crippen LogP contribution is -2.31. The van der Waals surface area contributed by atoms with Gasteiger partial charge in [-0.2, -0.15) is 5.10 Å². The number of carbonyl (C=O) groups excluding carboxylic acids is 1. The Balaban J connectivity index is 1.64. The number of hydrogen-bond donors (Lipinski definition) is 1. The molecular formula is C25H25N3O. The van der Waals surface area contributed by atoms with Gasteiger partial charge in [-0.25, -0.2) is 0 Å². The average molecular weight is 383 g/mol. The fourth-order valence-corrected chi connectivity index (χ4v) is 4.35. The van der Waals surface area contributed by atoms with E-state index in [2.05, 4.69) is 89.9 Å². The van der Waals surface area contributed by atoms with Crippen LogP contribution in [-0.4, -0.2) is 30.1 Å². The predicted molar refractivity (Wildman–Crippen MR) is 116 cm³/mol. The monoisotopic (exact) mass is 383 g/mol. The number of carbonyl (C=O) groups is 1. The van der Waals surface area contributed by atoms with E-state index in [1.54, 1.807) is 0 Å². The minimum absolute atomic E-state index is 0.174. The Kier molecular flexibility index (Phi) is 4.16. The van der Waals surface area contributed by atoms with Gasteiger partial charge in [-0.1, -0.05) is 54.6 Å². The Morgan fingerprint density at radius 2 is 1.83 bits per heavy atom. The molecule has 4 heteroatoms. The van der Waals surface area contributed by atoms with Gasteiger partial charge < -0.3 is 4.90 Å². The predicted octanol–water partition coefficient (Wildman–Crippen LogP) is 4.62. The molecule has 146 valence electrons. The van der Waals surface area contributed by atoms with Crippen LogP contribution in [0.3, 0.4) is 0 Å². The highest BCUT2D eigenvalue weighted by molar-refractivity contribution is 6.01. The van der Waals surface area contributed by atoms with E-state index in [0.717, 1.165) is 30.5 Å². The molecule has 1 N–H and O–H groups in total. The zero-order valence-electron chi connectivity index (χ0n) is 16.9. The second-order valence-electron chi connectivity index (χ2n) is 8.40. The van der Waals surface area contributed by atoms with Gasteiger partial charge in [-0.3, -0.25) is 9.89 Å². The van der Waals surface area contributed by atoms with Crippen molar-refractivity contribution in [1.29, 1.82) is 0 Å². The van der Waals surface area contributed by atoms with Gasteiger partial charge in [-0.15, -0.1) is 0 Å². The third kappa shape index (κ3) is 3.00. The number of Topliss-reactive ketones (excluding diaryl/α,β-unsaturated/α-hetero) is 1. The number of hydrogen-bond acceptors (Lipinski definition) is 3. The summed E-state index contributed by atoms with van der Waals surface area (Å²) in [5.74, 6) is 0.363. The normalized spacial score (nSPS) is 20.3. The molecule has 4 nitrogen and oxygen atoms in total. The van der Waals surface area contributed by atoms with Crippen molar-refractivity contribution in [3.05, 3.63) is 88.8 Å². The molecule has 29 heavy (non-hydrogen) atoms. The lowest BCUT2D eigenvalue weighted by Gasteiger charge is -2.35. The molecule has 1 saturated carbocycles. The van der Waals surface area contributed by atoms with Crippen molar-refractivity contribution < 1.29 is 4.79 Å². The Bertz CT molecular complexity index is 1090. The van der Waals surface area contributed by atoms with Crippen molar-refractivity contribution in [2.45, 2.75) is 24.7 Å². The van der Waals surface area contributed by atoms with Crippen LogP contribution in [-0.2, 0) is 11.8 Å². The van der Waals surface area contributed by atoms with Crippen molar-refractivity contribution in [1.82, 2.24) is 10.2 Å². The first-order valence-corrected chi connectivity index (χ1v) is 10.2. The third-order valence-electron chi connectivity index (χ3n) is 6.22. The van der Waals surface area contributed by atoms with Crippen LogP contribution in [0.1, 0.15) is 45.7 Å². The Morgan fingerprint density at radius 3 is 2.55 bits per heavy atom. The summed E-state index contributed by atoms with van der Waals surface area (Å²) in [6, 6.07) is 19.3. The molecule has 0 radical (unpaired) electrons. The molecule has 0 bridgehead atoms. The first kappa shape index (κ1) is 17.9. The van der Waals surface area contributed by atoms with Crippen molar-refractivity contribution in [2.24, 2.45) is 5.92 Å². The summed E-state index contributed by atoms with van der Waals surface area (Å²) in [5, 5.41) is 7.61. The van der Waals surface area contributed by atoms with E-state index in [-0.39, 0.29) is 17.1 Å². The summed E-state index contributed by atoms with van der Waals surface area (Å²) >= 11 is 0. The van der Waals surface area contributed by atoms with Crippen LogP contribution >= 0.6 is 0 Å². The summed E-state index contributed by atoms with van der Waals surface area (Å²) in [6.07, 6.45) is 7.11. The van der Waals surface area contributed by atoms with E-state index in [9.17, 15) is 4.79 Å². The van der Waals surface area contributed by atoms with Crippen LogP contribution < -0.4 is 4.90 Å². The van der Waals surface area contributed by atoms with Gasteiger partial charge in [0.15, 0.2) is 5.78 Å². The van der Waals surface area contributed by atoms with Gasteiger partial charge in [0.1, 0.15) is 5.69 Å². The van der Waals surface area contributed by atoms with E-state index in [1.165, 1.54) is 16.8 Å². The van der Waals surface area contributed by atoms with Crippen LogP contribution in [0.5, 0.6) is 0 Å². The van der Waals surface area contributed by atoms with Crippen LogP contribution in [0.25, 0.3) is 6.08 Å². The number of ketones is 1. The zero-order valence-corrected chi connectivity index (χ0v) is 16.9. The highest BCUT2D eigenvalue weighted by atomic mass is 16.1. The number of aromatic amines is 1. The summed E-state index contributed by atoms with van der Waals surface area (Å²) in [6.45, 7) is 0. The van der Waals surface area contributed by atoms with Crippen LogP contribution in [0, 0.1) is 5.92 Å². The number of nitrogens with one attached hydrogen (secondary N) is 1. The molecule has 1 atom stereocenters. The minimum atomic E-state index is -0.299. The minimum Gasteiger partial charge on any atom is -0.378 e. The van der Waals surface area contributed by atoms with Crippen LogP contribution in [0.15, 0.2) is 60.7 Å². The molecule has 2 aliphatic carbocycles. The Labute approximate surface area is 171 Å². The SMILES string of the molecule is CN(C)c1cccc(C2(c3ccccc3)C=Cc3c(C(=O)C4CC4)n[nH]c3C2)c1. The molecule has 2 aliphatic rings. The van der Waals surface area contributed by atoms with Gasteiger partial charge in [0, 0.05) is 48.8 Å². The zero-order chi connectivity index (χ0) is 20.0. The molecule has 0 amide bonds. The van der Waals surface area contributed by atoms with Gasteiger partial charge in [0.25, 0.3) is 0 Å². The largest absolute Gasteiger partial charge is 0.378 e. The first-order chi connectivity index (χ1) is 14.1. The lowest BCUT2D eigenvalue weighted by atomic mass is 9.68. The van der Waals surface area contributed by atoms with Gasteiger partial charge in [0.05, 0.1) is 0 Å². The van der Waals surface area contributed by atoms with Crippen LogP contribution in [0.2, 0.25) is 0 Å². The number of H-pyrrole nitrogens is 1. The number of rotatable bonds is 5. The topological polar surface area (TPSA) is 49.0 Å². The molecule has 3 aromatic rings. The summed E-state index contributed by atoms with van der Waals surface area (Å²) in [5.41, 5.74) is 5.97. The van der Waals surface area contributed by atoms with Crippen molar-refractivity contribution in [3.63, 3.8) is 0 Å². The fourth-order valence-electron chi connectivity index (χ4n) is 4.35. The second-order valence-corrected chi connectivity index (χ2v) is 8.40. The average Bonchev–Trinajstić information content (AvgIpc) is 3.53. The quantitative estimate of drug-likeness (QED) is 0.654. The Morgan fingerprint density at radius 1 is 1.07 bits per heavy atom. The fraction of sp³-hybridized carbons (Fsp3) is 0.280. The van der Waals surface area contributed by atoms with Crippen molar-refractivity contribution in [2.75, 3.05) is 19.0 Å². The molecule has 0 aliphatic heterocycles. The molecule has 0 saturated heterocycles. The number of allylic oxidation sites excluding steroid dienone is 1. The first-order valence-electron chi connectivity index (χ1n) is 10.2.